The molecule has 1 aliphatic rings. The molecule has 6 heteroatoms. The third-order valence-electron chi connectivity index (χ3n) is 4.79. The van der Waals surface area contributed by atoms with Gasteiger partial charge in [-0.2, -0.15) is 0 Å². The molecule has 1 N–H and O–H groups in total. The van der Waals surface area contributed by atoms with Crippen LogP contribution in [0.3, 0.4) is 0 Å². The highest BCUT2D eigenvalue weighted by atomic mass is 16.2. The quantitative estimate of drug-likeness (QED) is 0.639. The van der Waals surface area contributed by atoms with E-state index in [4.69, 9.17) is 0 Å². The summed E-state index contributed by atoms with van der Waals surface area (Å²) in [5.41, 5.74) is 2.94. The maximum absolute atomic E-state index is 12.9. The van der Waals surface area contributed by atoms with E-state index < -0.39 is 17.8 Å². The van der Waals surface area contributed by atoms with E-state index in [2.05, 4.69) is 24.1 Å². The number of nitrogens with one attached hydrogen (secondary N) is 1. The molecule has 0 aromatic heterocycles. The Bertz CT molecular complexity index is 944. The minimum Gasteiger partial charge on any atom is -0.372 e. The number of anilines is 2. The molecule has 3 rings (SSSR count). The third-order valence-corrected chi connectivity index (χ3v) is 4.79. The highest BCUT2D eigenvalue weighted by Gasteiger charge is 2.37. The van der Waals surface area contributed by atoms with Gasteiger partial charge in [0.05, 0.1) is 5.69 Å². The molecule has 1 fully saturated rings. The van der Waals surface area contributed by atoms with Crippen molar-refractivity contribution in [2.24, 2.45) is 0 Å². The number of imide groups is 2. The first-order valence-corrected chi connectivity index (χ1v) is 9.28. The first-order chi connectivity index (χ1) is 13.5. The molecule has 0 saturated carbocycles. The Balaban J connectivity index is 1.94. The van der Waals surface area contributed by atoms with Gasteiger partial charge in [-0.05, 0) is 56.2 Å². The van der Waals surface area contributed by atoms with E-state index in [-0.39, 0.29) is 5.57 Å². The predicted molar refractivity (Wildman–Crippen MR) is 110 cm³/mol. The van der Waals surface area contributed by atoms with E-state index in [1.54, 1.807) is 12.1 Å². The van der Waals surface area contributed by atoms with Crippen molar-refractivity contribution < 1.29 is 14.4 Å². The van der Waals surface area contributed by atoms with E-state index in [9.17, 15) is 14.4 Å². The molecular weight excluding hydrogens is 354 g/mol. The molecule has 2 aromatic rings. The first kappa shape index (κ1) is 19.4. The molecule has 0 atom stereocenters. The third kappa shape index (κ3) is 3.67. The van der Waals surface area contributed by atoms with Crippen LogP contribution in [0.15, 0.2) is 54.1 Å². The monoisotopic (exact) mass is 377 g/mol. The maximum Gasteiger partial charge on any atom is 0.335 e. The largest absolute Gasteiger partial charge is 0.372 e. The topological polar surface area (TPSA) is 69.7 Å². The van der Waals surface area contributed by atoms with E-state index >= 15 is 0 Å². The Morgan fingerprint density at radius 3 is 2.21 bits per heavy atom. The van der Waals surface area contributed by atoms with Gasteiger partial charge in [0.15, 0.2) is 0 Å². The van der Waals surface area contributed by atoms with E-state index in [1.807, 2.05) is 43.3 Å². The number of hydrogen-bond donors (Lipinski definition) is 1. The van der Waals surface area contributed by atoms with E-state index in [1.165, 1.54) is 6.08 Å². The zero-order valence-corrected chi connectivity index (χ0v) is 16.2. The SMILES string of the molecule is CCN(CC)c1ccc(/C=C2\C(=O)NC(=O)N(c3ccccc3C)C2=O)cc1. The number of carbonyl (C=O) groups excluding carboxylic acids is 3. The standard InChI is InChI=1S/C22H23N3O3/c1-4-24(5-2)17-12-10-16(11-13-17)14-18-20(26)23-22(28)25(21(18)27)19-9-7-6-8-15(19)3/h6-14H,4-5H2,1-3H3,(H,23,26,28)/b18-14+. The van der Waals surface area contributed by atoms with Crippen molar-refractivity contribution in [2.45, 2.75) is 20.8 Å². The molecule has 1 saturated heterocycles. The summed E-state index contributed by atoms with van der Waals surface area (Å²) in [6, 6.07) is 13.9. The van der Waals surface area contributed by atoms with Crippen LogP contribution in [-0.2, 0) is 9.59 Å². The van der Waals surface area contributed by atoms with Crippen molar-refractivity contribution in [2.75, 3.05) is 22.9 Å². The second-order valence-corrected chi connectivity index (χ2v) is 6.51. The van der Waals surface area contributed by atoms with Crippen molar-refractivity contribution >= 4 is 35.3 Å². The number of nitrogens with zero attached hydrogens (tertiary/aromatic N) is 2. The van der Waals surface area contributed by atoms with Gasteiger partial charge < -0.3 is 4.90 Å². The number of aryl methyl sites for hydroxylation is 1. The molecule has 144 valence electrons. The van der Waals surface area contributed by atoms with Gasteiger partial charge in [-0.25, -0.2) is 9.69 Å². The van der Waals surface area contributed by atoms with Gasteiger partial charge in [-0.15, -0.1) is 0 Å². The van der Waals surface area contributed by atoms with Crippen LogP contribution in [0.2, 0.25) is 0 Å². The van der Waals surface area contributed by atoms with Gasteiger partial charge in [-0.1, -0.05) is 30.3 Å². The Hall–Kier alpha value is -3.41. The van der Waals surface area contributed by atoms with Gasteiger partial charge in [-0.3, -0.25) is 14.9 Å². The lowest BCUT2D eigenvalue weighted by atomic mass is 10.1. The zero-order valence-electron chi connectivity index (χ0n) is 16.2. The fraction of sp³-hybridized carbons (Fsp3) is 0.227. The summed E-state index contributed by atoms with van der Waals surface area (Å²) >= 11 is 0. The molecule has 6 nitrogen and oxygen atoms in total. The Morgan fingerprint density at radius 2 is 1.61 bits per heavy atom. The second-order valence-electron chi connectivity index (χ2n) is 6.51. The number of carbonyl (C=O) groups is 3. The molecule has 0 bridgehead atoms. The van der Waals surface area contributed by atoms with Crippen LogP contribution in [0.25, 0.3) is 6.08 Å². The summed E-state index contributed by atoms with van der Waals surface area (Å²) in [5.74, 6) is -1.32. The fourth-order valence-corrected chi connectivity index (χ4v) is 3.23. The lowest BCUT2D eigenvalue weighted by Gasteiger charge is -2.27. The minimum atomic E-state index is -0.738. The van der Waals surface area contributed by atoms with Crippen molar-refractivity contribution in [3.05, 3.63) is 65.2 Å². The highest BCUT2D eigenvalue weighted by Crippen LogP contribution is 2.25. The van der Waals surface area contributed by atoms with E-state index in [0.29, 0.717) is 11.3 Å². The summed E-state index contributed by atoms with van der Waals surface area (Å²) in [6.45, 7) is 7.77. The highest BCUT2D eigenvalue weighted by molar-refractivity contribution is 6.39. The van der Waals surface area contributed by atoms with Gasteiger partial charge >= 0.3 is 6.03 Å². The Morgan fingerprint density at radius 1 is 0.964 bits per heavy atom. The molecule has 0 spiro atoms. The van der Waals surface area contributed by atoms with Crippen LogP contribution in [0.5, 0.6) is 0 Å². The second kappa shape index (κ2) is 8.08. The average molecular weight is 377 g/mol. The van der Waals surface area contributed by atoms with Crippen LogP contribution in [-0.4, -0.2) is 30.9 Å². The van der Waals surface area contributed by atoms with Gasteiger partial charge in [0.2, 0.25) is 0 Å². The van der Waals surface area contributed by atoms with Crippen molar-refractivity contribution in [1.82, 2.24) is 5.32 Å². The molecule has 1 aliphatic heterocycles. The lowest BCUT2D eigenvalue weighted by Crippen LogP contribution is -2.54. The molecule has 2 aromatic carbocycles. The summed E-state index contributed by atoms with van der Waals surface area (Å²) in [7, 11) is 0. The summed E-state index contributed by atoms with van der Waals surface area (Å²) in [5, 5.41) is 2.25. The van der Waals surface area contributed by atoms with Crippen LogP contribution >= 0.6 is 0 Å². The predicted octanol–water partition coefficient (Wildman–Crippen LogP) is 3.51. The van der Waals surface area contributed by atoms with Crippen LogP contribution in [0.4, 0.5) is 16.2 Å². The number of para-hydroxylation sites is 1. The fourth-order valence-electron chi connectivity index (χ4n) is 3.23. The van der Waals surface area contributed by atoms with Crippen molar-refractivity contribution in [3.8, 4) is 0 Å². The van der Waals surface area contributed by atoms with Gasteiger partial charge in [0, 0.05) is 18.8 Å². The lowest BCUT2D eigenvalue weighted by molar-refractivity contribution is -0.122. The Kier molecular flexibility index (Phi) is 5.59. The van der Waals surface area contributed by atoms with Gasteiger partial charge in [0.25, 0.3) is 11.8 Å². The molecule has 0 aliphatic carbocycles. The number of benzene rings is 2. The molecule has 0 radical (unpaired) electrons. The Labute approximate surface area is 164 Å². The number of hydrogen-bond acceptors (Lipinski definition) is 4. The van der Waals surface area contributed by atoms with Crippen LogP contribution < -0.4 is 15.1 Å². The molecule has 0 unspecified atom stereocenters. The van der Waals surface area contributed by atoms with Crippen LogP contribution in [0, 0.1) is 6.92 Å². The number of urea groups is 1. The van der Waals surface area contributed by atoms with Crippen LogP contribution in [0.1, 0.15) is 25.0 Å². The number of barbiturate groups is 1. The summed E-state index contributed by atoms with van der Waals surface area (Å²) in [6.07, 6.45) is 1.52. The molecule has 28 heavy (non-hydrogen) atoms. The number of amides is 4. The summed E-state index contributed by atoms with van der Waals surface area (Å²) in [4.78, 5) is 40.7. The van der Waals surface area contributed by atoms with E-state index in [0.717, 1.165) is 29.2 Å². The molecular formula is C22H23N3O3. The molecule has 4 amide bonds. The minimum absolute atomic E-state index is 0.0709. The maximum atomic E-state index is 12.9. The smallest absolute Gasteiger partial charge is 0.335 e. The molecule has 1 heterocycles. The van der Waals surface area contributed by atoms with Gasteiger partial charge in [0.1, 0.15) is 5.57 Å². The van der Waals surface area contributed by atoms with Crippen molar-refractivity contribution in [3.63, 3.8) is 0 Å². The average Bonchev–Trinajstić information content (AvgIpc) is 2.68. The zero-order chi connectivity index (χ0) is 20.3. The van der Waals surface area contributed by atoms with Crippen molar-refractivity contribution in [1.29, 1.82) is 0 Å². The number of rotatable bonds is 5. The summed E-state index contributed by atoms with van der Waals surface area (Å²) < 4.78 is 0. The normalized spacial score (nSPS) is 15.8. The first-order valence-electron chi connectivity index (χ1n) is 9.28.